The fourth-order valence-electron chi connectivity index (χ4n) is 12.3. The van der Waals surface area contributed by atoms with Crippen LogP contribution < -0.4 is 5.32 Å². The van der Waals surface area contributed by atoms with Gasteiger partial charge in [0.05, 0.1) is 25.4 Å². The van der Waals surface area contributed by atoms with Gasteiger partial charge >= 0.3 is 5.97 Å². The molecule has 0 saturated carbocycles. The van der Waals surface area contributed by atoms with Crippen molar-refractivity contribution in [2.24, 2.45) is 0 Å². The predicted octanol–water partition coefficient (Wildman–Crippen LogP) is 25.3. The zero-order valence-electron chi connectivity index (χ0n) is 57.2. The minimum atomic E-state index is -0.842. The zero-order valence-corrected chi connectivity index (χ0v) is 57.2. The Bertz CT molecular complexity index is 1320. The second-order valence-electron chi connectivity index (χ2n) is 26.7. The average Bonchev–Trinajstić information content (AvgIpc) is 3.51. The number of ether oxygens (including phenoxy) is 1. The Balaban J connectivity index is 3.34. The van der Waals surface area contributed by atoms with Crippen LogP contribution in [0.5, 0.6) is 0 Å². The molecule has 0 aliphatic heterocycles. The number of rotatable bonds is 73. The van der Waals surface area contributed by atoms with Crippen LogP contribution in [0.4, 0.5) is 0 Å². The van der Waals surface area contributed by atoms with E-state index in [1.807, 2.05) is 6.08 Å². The Morgan fingerprint density at radius 2 is 0.560 bits per heavy atom. The Kier molecular flexibility index (Phi) is 72.3. The maximum atomic E-state index is 12.5. The highest BCUT2D eigenvalue weighted by atomic mass is 16.5. The van der Waals surface area contributed by atoms with Crippen molar-refractivity contribution >= 4 is 11.9 Å². The molecule has 0 rings (SSSR count). The van der Waals surface area contributed by atoms with Crippen LogP contribution in [0.2, 0.25) is 0 Å². The van der Waals surface area contributed by atoms with Crippen molar-refractivity contribution in [3.63, 3.8) is 0 Å². The molecule has 498 valence electrons. The smallest absolute Gasteiger partial charge is 0.305 e. The van der Waals surface area contributed by atoms with E-state index in [-0.39, 0.29) is 18.5 Å². The van der Waals surface area contributed by atoms with Gasteiger partial charge in [-0.1, -0.05) is 391 Å². The second-order valence-corrected chi connectivity index (χ2v) is 26.7. The normalized spacial score (nSPS) is 12.6. The molecule has 0 aliphatic rings. The van der Waals surface area contributed by atoms with E-state index in [0.717, 1.165) is 38.5 Å². The SMILES string of the molecule is CCCCCCCC/C=C\CCCCCCCCCCCC(=O)OCCCCCCCCCCCCCCCCCCCCCCCCCCCCCCCCC(=O)NC(CO)C(O)/C=C/CCCCCCCCCCCCCCCCCC. The number of hydrogen-bond donors (Lipinski definition) is 3. The molecule has 0 bridgehead atoms. The molecule has 0 aromatic carbocycles. The van der Waals surface area contributed by atoms with Crippen LogP contribution in [-0.2, 0) is 14.3 Å². The maximum Gasteiger partial charge on any atom is 0.305 e. The topological polar surface area (TPSA) is 95.9 Å². The van der Waals surface area contributed by atoms with Gasteiger partial charge in [-0.15, -0.1) is 0 Å². The molecule has 0 saturated heterocycles. The van der Waals surface area contributed by atoms with Crippen molar-refractivity contribution in [1.82, 2.24) is 5.32 Å². The number of hydrogen-bond acceptors (Lipinski definition) is 5. The highest BCUT2D eigenvalue weighted by molar-refractivity contribution is 5.76. The Morgan fingerprint density at radius 1 is 0.321 bits per heavy atom. The third-order valence-electron chi connectivity index (χ3n) is 18.2. The third kappa shape index (κ3) is 69.4. The molecule has 84 heavy (non-hydrogen) atoms. The first-order chi connectivity index (χ1) is 41.5. The molecule has 6 heteroatoms. The van der Waals surface area contributed by atoms with Gasteiger partial charge in [-0.25, -0.2) is 0 Å². The number of carbonyl (C=O) groups is 2. The second kappa shape index (κ2) is 73.8. The summed E-state index contributed by atoms with van der Waals surface area (Å²) in [6.07, 6.45) is 94.3. The average molecular weight is 1180 g/mol. The van der Waals surface area contributed by atoms with Gasteiger partial charge in [0.1, 0.15) is 0 Å². The predicted molar refractivity (Wildman–Crippen MR) is 370 cm³/mol. The number of carbonyl (C=O) groups excluding carboxylic acids is 2. The van der Waals surface area contributed by atoms with Crippen LogP contribution in [-0.4, -0.2) is 47.4 Å². The van der Waals surface area contributed by atoms with Crippen LogP contribution in [0.15, 0.2) is 24.3 Å². The molecular weight excluding hydrogens is 1030 g/mol. The van der Waals surface area contributed by atoms with E-state index >= 15 is 0 Å². The summed E-state index contributed by atoms with van der Waals surface area (Å²) in [6, 6.07) is -0.625. The molecule has 0 heterocycles. The summed E-state index contributed by atoms with van der Waals surface area (Å²) >= 11 is 0. The minimum absolute atomic E-state index is 0.0204. The monoisotopic (exact) mass is 1180 g/mol. The lowest BCUT2D eigenvalue weighted by atomic mass is 10.0. The summed E-state index contributed by atoms with van der Waals surface area (Å²) < 4.78 is 5.52. The molecule has 6 nitrogen and oxygen atoms in total. The molecule has 3 N–H and O–H groups in total. The number of aliphatic hydroxyl groups excluding tert-OH is 2. The van der Waals surface area contributed by atoms with Crippen molar-refractivity contribution in [1.29, 1.82) is 0 Å². The van der Waals surface area contributed by atoms with E-state index in [0.29, 0.717) is 19.4 Å². The van der Waals surface area contributed by atoms with Gasteiger partial charge in [-0.05, 0) is 57.8 Å². The first kappa shape index (κ1) is 82.3. The molecule has 0 fully saturated rings. The van der Waals surface area contributed by atoms with Crippen LogP contribution in [0, 0.1) is 0 Å². The molecule has 2 unspecified atom stereocenters. The fourth-order valence-corrected chi connectivity index (χ4v) is 12.3. The number of allylic oxidation sites excluding steroid dienone is 3. The van der Waals surface area contributed by atoms with Crippen LogP contribution >= 0.6 is 0 Å². The first-order valence-corrected chi connectivity index (χ1v) is 38.6. The molecule has 0 aromatic heterocycles. The molecule has 0 aromatic rings. The van der Waals surface area contributed by atoms with Crippen LogP contribution in [0.1, 0.15) is 438 Å². The summed E-state index contributed by atoms with van der Waals surface area (Å²) in [6.45, 7) is 4.95. The largest absolute Gasteiger partial charge is 0.466 e. The molecule has 1 amide bonds. The quantitative estimate of drug-likeness (QED) is 0.0320. The number of amides is 1. The fraction of sp³-hybridized carbons (Fsp3) is 0.923. The molecule has 2 atom stereocenters. The van der Waals surface area contributed by atoms with Crippen molar-refractivity contribution < 1.29 is 24.5 Å². The third-order valence-corrected chi connectivity index (χ3v) is 18.2. The molecule has 0 aliphatic carbocycles. The number of esters is 1. The Hall–Kier alpha value is -1.66. The van der Waals surface area contributed by atoms with E-state index < -0.39 is 12.1 Å². The lowest BCUT2D eigenvalue weighted by Crippen LogP contribution is -2.45. The summed E-state index contributed by atoms with van der Waals surface area (Å²) in [7, 11) is 0. The highest BCUT2D eigenvalue weighted by Crippen LogP contribution is 2.20. The van der Waals surface area contributed by atoms with Gasteiger partial charge < -0.3 is 20.3 Å². The minimum Gasteiger partial charge on any atom is -0.466 e. The van der Waals surface area contributed by atoms with Crippen molar-refractivity contribution in [2.75, 3.05) is 13.2 Å². The first-order valence-electron chi connectivity index (χ1n) is 38.6. The summed E-state index contributed by atoms with van der Waals surface area (Å²) in [5.41, 5.74) is 0. The van der Waals surface area contributed by atoms with E-state index in [9.17, 15) is 19.8 Å². The highest BCUT2D eigenvalue weighted by Gasteiger charge is 2.18. The standard InChI is InChI=1S/C78H151NO5/c1-3-5-7-9-11-13-15-17-19-21-35-40-44-48-52-56-60-64-68-72-78(83)84-73-69-65-61-57-53-49-45-41-37-34-32-30-28-26-24-23-25-27-29-31-33-36-39-43-47-51-55-59-63-67-71-77(82)79-75(74-80)76(81)70-66-62-58-54-50-46-42-38-22-20-18-16-14-12-10-8-6-4-2/h17,19,66,70,75-76,80-81H,3-16,18,20-65,67-69,71-74H2,1-2H3,(H,79,82)/b19-17-,70-66+. The Labute approximate surface area is 526 Å². The van der Waals surface area contributed by atoms with Gasteiger partial charge in [0.15, 0.2) is 0 Å². The van der Waals surface area contributed by atoms with Crippen LogP contribution in [0.3, 0.4) is 0 Å². The van der Waals surface area contributed by atoms with E-state index in [1.54, 1.807) is 6.08 Å². The van der Waals surface area contributed by atoms with Gasteiger partial charge in [0.25, 0.3) is 0 Å². The van der Waals surface area contributed by atoms with E-state index in [1.165, 1.54) is 372 Å². The maximum absolute atomic E-state index is 12.5. The lowest BCUT2D eigenvalue weighted by Gasteiger charge is -2.20. The molecule has 0 radical (unpaired) electrons. The van der Waals surface area contributed by atoms with Crippen molar-refractivity contribution in [3.05, 3.63) is 24.3 Å². The summed E-state index contributed by atoms with van der Waals surface area (Å²) in [4.78, 5) is 24.6. The van der Waals surface area contributed by atoms with Crippen molar-refractivity contribution in [3.8, 4) is 0 Å². The summed E-state index contributed by atoms with van der Waals surface area (Å²) in [5.74, 6) is -0.0397. The molecular formula is C78H151NO5. The number of aliphatic hydroxyl groups is 2. The lowest BCUT2D eigenvalue weighted by molar-refractivity contribution is -0.143. The molecule has 0 spiro atoms. The number of nitrogens with one attached hydrogen (secondary N) is 1. The van der Waals surface area contributed by atoms with Crippen LogP contribution in [0.25, 0.3) is 0 Å². The van der Waals surface area contributed by atoms with Gasteiger partial charge in [0.2, 0.25) is 5.91 Å². The Morgan fingerprint density at radius 3 is 0.845 bits per heavy atom. The zero-order chi connectivity index (χ0) is 60.6. The van der Waals surface area contributed by atoms with Gasteiger partial charge in [-0.3, -0.25) is 9.59 Å². The summed E-state index contributed by atoms with van der Waals surface area (Å²) in [5, 5.41) is 23.2. The van der Waals surface area contributed by atoms with Gasteiger partial charge in [-0.2, -0.15) is 0 Å². The van der Waals surface area contributed by atoms with Gasteiger partial charge in [0, 0.05) is 12.8 Å². The van der Waals surface area contributed by atoms with E-state index in [2.05, 4.69) is 31.3 Å². The number of unbranched alkanes of at least 4 members (excludes halogenated alkanes) is 60. The van der Waals surface area contributed by atoms with Crippen molar-refractivity contribution in [2.45, 2.75) is 450 Å². The van der Waals surface area contributed by atoms with E-state index in [4.69, 9.17) is 4.74 Å².